The van der Waals surface area contributed by atoms with Gasteiger partial charge < -0.3 is 24.5 Å². The van der Waals surface area contributed by atoms with Crippen LogP contribution in [0.4, 0.5) is 5.69 Å². The van der Waals surface area contributed by atoms with Gasteiger partial charge in [0.15, 0.2) is 0 Å². The van der Waals surface area contributed by atoms with Crippen molar-refractivity contribution >= 4 is 34.3 Å². The van der Waals surface area contributed by atoms with Gasteiger partial charge in [-0.25, -0.2) is 0 Å². The third-order valence-electron chi connectivity index (χ3n) is 5.94. The molecule has 1 aromatic heterocycles. The first kappa shape index (κ1) is 29.5. The molecule has 7 heteroatoms. The fourth-order valence-corrected chi connectivity index (χ4v) is 4.77. The van der Waals surface area contributed by atoms with Gasteiger partial charge in [0.05, 0.1) is 21.7 Å². The summed E-state index contributed by atoms with van der Waals surface area (Å²) in [6.07, 6.45) is 8.92. The van der Waals surface area contributed by atoms with Crippen molar-refractivity contribution in [2.24, 2.45) is 7.05 Å². The van der Waals surface area contributed by atoms with Crippen molar-refractivity contribution in [1.29, 1.82) is 0 Å². The number of rotatable bonds is 4. The quantitative estimate of drug-likeness (QED) is 0.240. The van der Waals surface area contributed by atoms with Gasteiger partial charge in [-0.3, -0.25) is 4.79 Å². The second-order valence-corrected chi connectivity index (χ2v) is 10.3. The van der Waals surface area contributed by atoms with Gasteiger partial charge in [-0.05, 0) is 49.4 Å². The first-order chi connectivity index (χ1) is 18.6. The minimum Gasteiger partial charge on any atom is -0.490 e. The van der Waals surface area contributed by atoms with Crippen LogP contribution in [0, 0.1) is 12.8 Å². The van der Waals surface area contributed by atoms with Crippen LogP contribution in [0.5, 0.6) is 5.75 Å². The Morgan fingerprint density at radius 3 is 2.36 bits per heavy atom. The Bertz CT molecular complexity index is 1540. The Morgan fingerprint density at radius 1 is 1.05 bits per heavy atom. The number of fused-ring (bicyclic) bond motifs is 2. The maximum absolute atomic E-state index is 13.5. The molecule has 0 saturated carbocycles. The second-order valence-electron chi connectivity index (χ2n) is 9.90. The molecule has 0 fully saturated rings. The minimum absolute atomic E-state index is 0.101. The molecule has 0 atom stereocenters. The highest BCUT2D eigenvalue weighted by atomic mass is 35.5. The van der Waals surface area contributed by atoms with Crippen molar-refractivity contribution in [2.45, 2.75) is 32.8 Å². The number of hydrogen-bond acceptors (Lipinski definition) is 5. The molecule has 1 aliphatic heterocycles. The van der Waals surface area contributed by atoms with E-state index in [2.05, 4.69) is 18.2 Å². The number of carbonyl (C=O) groups excluding carboxylic acids is 1. The Labute approximate surface area is 234 Å². The summed E-state index contributed by atoms with van der Waals surface area (Å²) in [6, 6.07) is 19.4. The third-order valence-corrected chi connectivity index (χ3v) is 6.33. The largest absolute Gasteiger partial charge is 0.490 e. The van der Waals surface area contributed by atoms with Crippen LogP contribution in [0.25, 0.3) is 33.0 Å². The lowest BCUT2D eigenvalue weighted by Crippen LogP contribution is -2.23. The molecule has 4 aromatic rings. The lowest BCUT2D eigenvalue weighted by molar-refractivity contribution is -0.107. The third kappa shape index (κ3) is 6.51. The van der Waals surface area contributed by atoms with E-state index in [1.807, 2.05) is 60.7 Å². The number of hydrogen-bond donors (Lipinski definition) is 2. The number of carbonyl (C=O) groups is 1. The Kier molecular flexibility index (Phi) is 9.58. The maximum Gasteiger partial charge on any atom is 0.259 e. The lowest BCUT2D eigenvalue weighted by Gasteiger charge is -2.24. The highest BCUT2D eigenvalue weighted by molar-refractivity contribution is 6.37. The van der Waals surface area contributed by atoms with Crippen molar-refractivity contribution in [2.75, 3.05) is 18.5 Å². The lowest BCUT2D eigenvalue weighted by atomic mass is 9.91. The molecular formula is C32H33ClN2O4. The number of ether oxygens (including phenoxy) is 1. The minimum atomic E-state index is -0.500. The summed E-state index contributed by atoms with van der Waals surface area (Å²) in [5.74, 6) is 0.695. The van der Waals surface area contributed by atoms with Crippen LogP contribution in [0.1, 0.15) is 26.5 Å². The maximum atomic E-state index is 13.5. The van der Waals surface area contributed by atoms with Gasteiger partial charge in [-0.15, -0.1) is 12.8 Å². The summed E-state index contributed by atoms with van der Waals surface area (Å²) < 4.78 is 7.29. The average Bonchev–Trinajstić information content (AvgIpc) is 2.93. The first-order valence-corrected chi connectivity index (χ1v) is 12.9. The zero-order valence-corrected chi connectivity index (χ0v) is 23.4. The van der Waals surface area contributed by atoms with Gasteiger partial charge in [-0.1, -0.05) is 60.1 Å². The molecule has 202 valence electrons. The number of benzene rings is 3. The highest BCUT2D eigenvalue weighted by Gasteiger charge is 2.23. The Morgan fingerprint density at radius 2 is 1.72 bits per heavy atom. The zero-order chi connectivity index (χ0) is 28.7. The zero-order valence-electron chi connectivity index (χ0n) is 22.6. The number of aromatic nitrogens is 1. The molecular weight excluding hydrogens is 512 g/mol. The summed E-state index contributed by atoms with van der Waals surface area (Å²) >= 11 is 6.86. The molecule has 6 nitrogen and oxygen atoms in total. The van der Waals surface area contributed by atoms with Crippen molar-refractivity contribution in [3.63, 3.8) is 0 Å². The Balaban J connectivity index is 0.000000542. The van der Waals surface area contributed by atoms with Gasteiger partial charge in [0.2, 0.25) is 0 Å². The molecule has 0 amide bonds. The van der Waals surface area contributed by atoms with Crippen LogP contribution in [0.15, 0.2) is 65.5 Å². The van der Waals surface area contributed by atoms with Crippen molar-refractivity contribution < 1.29 is 14.6 Å². The number of aldehydes is 1. The monoisotopic (exact) mass is 544 g/mol. The van der Waals surface area contributed by atoms with Crippen LogP contribution in [-0.4, -0.2) is 34.7 Å². The molecule has 0 saturated heterocycles. The topological polar surface area (TPSA) is 80.6 Å². The van der Waals surface area contributed by atoms with Crippen LogP contribution in [0.2, 0.25) is 5.02 Å². The molecule has 5 rings (SSSR count). The number of nitrogens with zero attached hydrogens (tertiary/aromatic N) is 1. The molecule has 2 heterocycles. The number of halogens is 1. The average molecular weight is 545 g/mol. The van der Waals surface area contributed by atoms with Crippen LogP contribution < -0.4 is 15.6 Å². The summed E-state index contributed by atoms with van der Waals surface area (Å²) in [6.45, 7) is 6.46. The van der Waals surface area contributed by atoms with Crippen molar-refractivity contribution in [1.82, 2.24) is 4.57 Å². The number of anilines is 1. The van der Waals surface area contributed by atoms with Gasteiger partial charge in [-0.2, -0.15) is 0 Å². The van der Waals surface area contributed by atoms with Gasteiger partial charge >= 0.3 is 0 Å². The standard InChI is InChI=1S/C26H21ClN2O3.C4H10O.C2H2/c1-29-20(12-14-30)22(19-10-11-21-25(24(19)27)28-13-15-32-21)18-9-5-8-17(23(18)26(29)31)16-6-3-2-4-7-16;1-4(2,3)5;1-2/h2-11,14,28H,12-13,15H2,1H3;5H,1-3H3;1-2H. The second kappa shape index (κ2) is 12.7. The molecule has 0 spiro atoms. The molecule has 0 bridgehead atoms. The van der Waals surface area contributed by atoms with E-state index in [4.69, 9.17) is 21.4 Å². The molecule has 0 unspecified atom stereocenters. The molecule has 0 radical (unpaired) electrons. The molecule has 0 aliphatic carbocycles. The summed E-state index contributed by atoms with van der Waals surface area (Å²) in [7, 11) is 1.71. The van der Waals surface area contributed by atoms with E-state index in [0.717, 1.165) is 39.6 Å². The SMILES string of the molecule is C#C.CC(C)(C)O.Cn1c(CC=O)c(-c2ccc3c(c2Cl)NCCO3)c2cccc(-c3ccccc3)c2c1=O. The normalized spacial score (nSPS) is 12.0. The van der Waals surface area contributed by atoms with E-state index in [9.17, 15) is 9.59 Å². The van der Waals surface area contributed by atoms with Gasteiger partial charge in [0.25, 0.3) is 5.56 Å². The number of terminal acetylenes is 1. The predicted molar refractivity (Wildman–Crippen MR) is 161 cm³/mol. The fourth-order valence-electron chi connectivity index (χ4n) is 4.45. The molecule has 3 aromatic carbocycles. The molecule has 39 heavy (non-hydrogen) atoms. The summed E-state index contributed by atoms with van der Waals surface area (Å²) in [5, 5.41) is 13.7. The van der Waals surface area contributed by atoms with Crippen molar-refractivity contribution in [3.05, 3.63) is 81.7 Å². The van der Waals surface area contributed by atoms with Crippen LogP contribution in [-0.2, 0) is 18.3 Å². The van der Waals surface area contributed by atoms with Gasteiger partial charge in [0.1, 0.15) is 18.6 Å². The predicted octanol–water partition coefficient (Wildman–Crippen LogP) is 6.10. The van der Waals surface area contributed by atoms with Crippen molar-refractivity contribution in [3.8, 4) is 40.9 Å². The fraction of sp³-hybridized carbons (Fsp3) is 0.250. The van der Waals surface area contributed by atoms with E-state index >= 15 is 0 Å². The summed E-state index contributed by atoms with van der Waals surface area (Å²) in [4.78, 5) is 25.1. The van der Waals surface area contributed by atoms with Gasteiger partial charge in [0, 0.05) is 36.8 Å². The van der Waals surface area contributed by atoms with E-state index in [1.165, 1.54) is 0 Å². The number of aliphatic hydroxyl groups is 1. The highest BCUT2D eigenvalue weighted by Crippen LogP contribution is 2.44. The van der Waals surface area contributed by atoms with Crippen LogP contribution in [0.3, 0.4) is 0 Å². The van der Waals surface area contributed by atoms with E-state index in [0.29, 0.717) is 35.0 Å². The smallest absolute Gasteiger partial charge is 0.259 e. The Hall–Kier alpha value is -4.05. The first-order valence-electron chi connectivity index (χ1n) is 12.5. The number of nitrogens with one attached hydrogen (secondary N) is 1. The summed E-state index contributed by atoms with van der Waals surface area (Å²) in [5.41, 5.74) is 4.05. The van der Waals surface area contributed by atoms with E-state index in [-0.39, 0.29) is 12.0 Å². The molecule has 1 aliphatic rings. The van der Waals surface area contributed by atoms with Crippen LogP contribution >= 0.6 is 11.6 Å². The number of pyridine rings is 1. The van der Waals surface area contributed by atoms with E-state index in [1.54, 1.807) is 32.4 Å². The van der Waals surface area contributed by atoms with E-state index < -0.39 is 5.60 Å². The molecule has 2 N–H and O–H groups in total.